The number of alkyl halides is 1. The highest BCUT2D eigenvalue weighted by atomic mass is 35.5. The highest BCUT2D eigenvalue weighted by Crippen LogP contribution is 2.40. The number of hydrogen-bond donors (Lipinski definition) is 0. The van der Waals surface area contributed by atoms with Gasteiger partial charge in [-0.15, -0.1) is 11.6 Å². The minimum atomic E-state index is -0.380. The number of benzene rings is 1. The normalized spacial score (nSPS) is 18.7. The molecule has 0 radical (unpaired) electrons. The maximum atomic E-state index is 10.5. The SMILES string of the molecule is CC(C(Cl)Cc1ccc([N+](=O)[O-])cc1)C1CC1. The lowest BCUT2D eigenvalue weighted by Gasteiger charge is -2.17. The highest BCUT2D eigenvalue weighted by molar-refractivity contribution is 6.20. The van der Waals surface area contributed by atoms with E-state index in [2.05, 4.69) is 6.92 Å². The first-order valence-electron chi connectivity index (χ1n) is 5.95. The van der Waals surface area contributed by atoms with Gasteiger partial charge in [0.2, 0.25) is 0 Å². The molecular weight excluding hydrogens is 238 g/mol. The minimum Gasteiger partial charge on any atom is -0.258 e. The maximum Gasteiger partial charge on any atom is 0.269 e. The van der Waals surface area contributed by atoms with Crippen LogP contribution in [0.3, 0.4) is 0 Å². The summed E-state index contributed by atoms with van der Waals surface area (Å²) in [6.07, 6.45) is 3.38. The van der Waals surface area contributed by atoms with Crippen LogP contribution in [0, 0.1) is 22.0 Å². The molecule has 0 heterocycles. The topological polar surface area (TPSA) is 43.1 Å². The van der Waals surface area contributed by atoms with Crippen molar-refractivity contribution in [2.75, 3.05) is 0 Å². The molecule has 1 aromatic rings. The Morgan fingerprint density at radius 3 is 2.47 bits per heavy atom. The number of nitrogens with zero attached hydrogens (tertiary/aromatic N) is 1. The molecule has 92 valence electrons. The first-order valence-corrected chi connectivity index (χ1v) is 6.39. The van der Waals surface area contributed by atoms with Crippen molar-refractivity contribution in [3.63, 3.8) is 0 Å². The highest BCUT2D eigenvalue weighted by Gasteiger charge is 2.32. The van der Waals surface area contributed by atoms with Crippen molar-refractivity contribution in [2.24, 2.45) is 11.8 Å². The monoisotopic (exact) mass is 253 g/mol. The summed E-state index contributed by atoms with van der Waals surface area (Å²) in [6, 6.07) is 6.68. The Labute approximate surface area is 106 Å². The largest absolute Gasteiger partial charge is 0.269 e. The van der Waals surface area contributed by atoms with Gasteiger partial charge in [0, 0.05) is 17.5 Å². The molecule has 2 unspecified atom stereocenters. The van der Waals surface area contributed by atoms with E-state index in [9.17, 15) is 10.1 Å². The van der Waals surface area contributed by atoms with Gasteiger partial charge in [-0.2, -0.15) is 0 Å². The van der Waals surface area contributed by atoms with Crippen LogP contribution < -0.4 is 0 Å². The summed E-state index contributed by atoms with van der Waals surface area (Å²) in [5.74, 6) is 1.32. The molecule has 0 spiro atoms. The lowest BCUT2D eigenvalue weighted by atomic mass is 9.96. The number of rotatable bonds is 5. The predicted octanol–water partition coefficient (Wildman–Crippen LogP) is 3.79. The molecule has 1 saturated carbocycles. The average Bonchev–Trinajstić information content (AvgIpc) is 3.12. The third-order valence-electron chi connectivity index (χ3n) is 3.51. The van der Waals surface area contributed by atoms with E-state index in [1.54, 1.807) is 24.3 Å². The summed E-state index contributed by atoms with van der Waals surface area (Å²) in [7, 11) is 0. The van der Waals surface area contributed by atoms with Crippen molar-refractivity contribution in [3.8, 4) is 0 Å². The average molecular weight is 254 g/mol. The first-order chi connectivity index (χ1) is 8.08. The summed E-state index contributed by atoms with van der Waals surface area (Å²) < 4.78 is 0. The smallest absolute Gasteiger partial charge is 0.258 e. The van der Waals surface area contributed by atoms with E-state index < -0.39 is 0 Å². The van der Waals surface area contributed by atoms with Gasteiger partial charge in [0.25, 0.3) is 5.69 Å². The molecule has 3 nitrogen and oxygen atoms in total. The lowest BCUT2D eigenvalue weighted by Crippen LogP contribution is -2.16. The van der Waals surface area contributed by atoms with Crippen LogP contribution in [-0.2, 0) is 6.42 Å². The standard InChI is InChI=1S/C13H16ClNO2/c1-9(11-4-5-11)13(14)8-10-2-6-12(7-3-10)15(16)17/h2-3,6-7,9,11,13H,4-5,8H2,1H3. The molecule has 0 bridgehead atoms. The fourth-order valence-corrected chi connectivity index (χ4v) is 2.47. The molecule has 2 rings (SSSR count). The Morgan fingerprint density at radius 2 is 2.00 bits per heavy atom. The molecule has 0 saturated heterocycles. The summed E-state index contributed by atoms with van der Waals surface area (Å²) in [5.41, 5.74) is 1.21. The van der Waals surface area contributed by atoms with E-state index in [1.807, 2.05) is 0 Å². The van der Waals surface area contributed by atoms with Gasteiger partial charge in [0.15, 0.2) is 0 Å². The van der Waals surface area contributed by atoms with E-state index in [-0.39, 0.29) is 16.0 Å². The quantitative estimate of drug-likeness (QED) is 0.455. The lowest BCUT2D eigenvalue weighted by molar-refractivity contribution is -0.384. The predicted molar refractivity (Wildman–Crippen MR) is 68.3 cm³/mol. The Hall–Kier alpha value is -1.09. The van der Waals surface area contributed by atoms with Crippen molar-refractivity contribution in [2.45, 2.75) is 31.6 Å². The molecule has 0 aromatic heterocycles. The molecule has 0 aliphatic heterocycles. The molecule has 17 heavy (non-hydrogen) atoms. The number of halogens is 1. The third kappa shape index (κ3) is 3.19. The van der Waals surface area contributed by atoms with Crippen LogP contribution in [0.1, 0.15) is 25.3 Å². The van der Waals surface area contributed by atoms with Crippen molar-refractivity contribution in [1.82, 2.24) is 0 Å². The van der Waals surface area contributed by atoms with Gasteiger partial charge in [-0.05, 0) is 36.7 Å². The Balaban J connectivity index is 1.95. The third-order valence-corrected chi connectivity index (χ3v) is 4.07. The molecule has 1 fully saturated rings. The molecule has 1 aromatic carbocycles. The zero-order chi connectivity index (χ0) is 12.4. The van der Waals surface area contributed by atoms with Crippen LogP contribution in [-0.4, -0.2) is 10.3 Å². The van der Waals surface area contributed by atoms with Crippen LogP contribution in [0.25, 0.3) is 0 Å². The van der Waals surface area contributed by atoms with Gasteiger partial charge in [-0.25, -0.2) is 0 Å². The summed E-state index contributed by atoms with van der Waals surface area (Å²) in [6.45, 7) is 2.20. The van der Waals surface area contributed by atoms with Crippen LogP contribution in [0.5, 0.6) is 0 Å². The van der Waals surface area contributed by atoms with E-state index >= 15 is 0 Å². The Kier molecular flexibility index (Phi) is 3.67. The van der Waals surface area contributed by atoms with Crippen molar-refractivity contribution in [1.29, 1.82) is 0 Å². The molecule has 1 aliphatic rings. The number of hydrogen-bond acceptors (Lipinski definition) is 2. The number of non-ortho nitro benzene ring substituents is 1. The second-order valence-corrected chi connectivity index (χ2v) is 5.40. The second kappa shape index (κ2) is 5.05. The number of nitro groups is 1. The summed E-state index contributed by atoms with van der Waals surface area (Å²) in [5, 5.41) is 10.6. The Morgan fingerprint density at radius 1 is 1.41 bits per heavy atom. The van der Waals surface area contributed by atoms with Crippen LogP contribution in [0.4, 0.5) is 5.69 Å². The van der Waals surface area contributed by atoms with Gasteiger partial charge in [-0.1, -0.05) is 19.1 Å². The van der Waals surface area contributed by atoms with Crippen LogP contribution in [0.2, 0.25) is 0 Å². The first kappa shape index (κ1) is 12.4. The van der Waals surface area contributed by atoms with Crippen molar-refractivity contribution >= 4 is 17.3 Å². The molecular formula is C13H16ClNO2. The number of nitro benzene ring substituents is 1. The second-order valence-electron chi connectivity index (χ2n) is 4.84. The Bertz CT molecular complexity index is 400. The zero-order valence-corrected chi connectivity index (χ0v) is 10.6. The fourth-order valence-electron chi connectivity index (χ4n) is 2.08. The van der Waals surface area contributed by atoms with E-state index in [4.69, 9.17) is 11.6 Å². The molecule has 0 N–H and O–H groups in total. The van der Waals surface area contributed by atoms with E-state index in [0.29, 0.717) is 5.92 Å². The van der Waals surface area contributed by atoms with Crippen molar-refractivity contribution in [3.05, 3.63) is 39.9 Å². The summed E-state index contributed by atoms with van der Waals surface area (Å²) in [4.78, 5) is 10.1. The summed E-state index contributed by atoms with van der Waals surface area (Å²) >= 11 is 6.37. The molecule has 0 amide bonds. The molecule has 1 aliphatic carbocycles. The van der Waals surface area contributed by atoms with Crippen LogP contribution >= 0.6 is 11.6 Å². The van der Waals surface area contributed by atoms with Gasteiger partial charge in [0.05, 0.1) is 4.92 Å². The zero-order valence-electron chi connectivity index (χ0n) is 9.80. The van der Waals surface area contributed by atoms with E-state index in [0.717, 1.165) is 17.9 Å². The van der Waals surface area contributed by atoms with Crippen LogP contribution in [0.15, 0.2) is 24.3 Å². The van der Waals surface area contributed by atoms with Gasteiger partial charge >= 0.3 is 0 Å². The van der Waals surface area contributed by atoms with Gasteiger partial charge in [-0.3, -0.25) is 10.1 Å². The van der Waals surface area contributed by atoms with Crippen molar-refractivity contribution < 1.29 is 4.92 Å². The van der Waals surface area contributed by atoms with Gasteiger partial charge in [0.1, 0.15) is 0 Å². The molecule has 2 atom stereocenters. The maximum absolute atomic E-state index is 10.5. The molecule has 4 heteroatoms. The van der Waals surface area contributed by atoms with Gasteiger partial charge < -0.3 is 0 Å². The minimum absolute atomic E-state index is 0.129. The fraction of sp³-hybridized carbons (Fsp3) is 0.538. The van der Waals surface area contributed by atoms with E-state index in [1.165, 1.54) is 12.8 Å².